The van der Waals surface area contributed by atoms with E-state index in [0.29, 0.717) is 66.4 Å². The van der Waals surface area contributed by atoms with Crippen molar-refractivity contribution in [2.75, 3.05) is 31.2 Å². The normalized spacial score (nSPS) is 25.6. The predicted molar refractivity (Wildman–Crippen MR) is 139 cm³/mol. The molecule has 2 aliphatic carbocycles. The number of carbonyl (C=O) groups is 1. The van der Waals surface area contributed by atoms with Gasteiger partial charge in [-0.2, -0.15) is 4.98 Å². The number of morpholine rings is 1. The Morgan fingerprint density at radius 1 is 1.11 bits per heavy atom. The molecule has 3 aliphatic rings. The van der Waals surface area contributed by atoms with Gasteiger partial charge >= 0.3 is 5.97 Å². The van der Waals surface area contributed by atoms with E-state index in [-0.39, 0.29) is 6.10 Å². The lowest BCUT2D eigenvalue weighted by Crippen LogP contribution is -2.59. The summed E-state index contributed by atoms with van der Waals surface area (Å²) in [7, 11) is 0. The number of pyridine rings is 1. The molecule has 3 aromatic rings. The van der Waals surface area contributed by atoms with Crippen molar-refractivity contribution in [2.24, 2.45) is 5.41 Å². The zero-order valence-electron chi connectivity index (χ0n) is 20.6. The number of aliphatic hydroxyl groups is 1. The number of H-pyrrole nitrogens is 1. The Morgan fingerprint density at radius 2 is 1.81 bits per heavy atom. The fourth-order valence-corrected chi connectivity index (χ4v) is 6.30. The Bertz CT molecular complexity index is 1290. The van der Waals surface area contributed by atoms with Crippen LogP contribution in [-0.2, 0) is 9.53 Å². The lowest BCUT2D eigenvalue weighted by Gasteiger charge is -2.52. The third-order valence-corrected chi connectivity index (χ3v) is 8.76. The first-order chi connectivity index (χ1) is 17.9. The zero-order chi connectivity index (χ0) is 25.6. The smallest absolute Gasteiger partial charge is 0.312 e. The molecule has 10 heteroatoms. The van der Waals surface area contributed by atoms with Gasteiger partial charge in [-0.3, -0.25) is 4.79 Å². The number of halogens is 1. The molecular formula is C27H31ClN4O5. The van der Waals surface area contributed by atoms with Gasteiger partial charge in [-0.15, -0.1) is 0 Å². The van der Waals surface area contributed by atoms with Crippen molar-refractivity contribution < 1.29 is 24.5 Å². The van der Waals surface area contributed by atoms with Crippen molar-refractivity contribution in [3.8, 4) is 17.3 Å². The number of aromatic nitrogens is 3. The Hall–Kier alpha value is -2.88. The molecule has 0 amide bonds. The SMILES string of the molecule is O=C(O)C1(C2(O)CCC(Oc3nc4nc(-c5ccc(N6CCOCC6)cc5)c(Cl)cc4[nH]3)CC2)CCC1. The van der Waals surface area contributed by atoms with Gasteiger partial charge in [-0.25, -0.2) is 4.98 Å². The predicted octanol–water partition coefficient (Wildman–Crippen LogP) is 4.42. The molecule has 2 saturated carbocycles. The number of nitrogens with one attached hydrogen (secondary N) is 1. The molecule has 1 saturated heterocycles. The first kappa shape index (κ1) is 24.5. The fourth-order valence-electron chi connectivity index (χ4n) is 6.04. The highest BCUT2D eigenvalue weighted by molar-refractivity contribution is 6.33. The van der Waals surface area contributed by atoms with E-state index >= 15 is 0 Å². The van der Waals surface area contributed by atoms with Crippen LogP contribution in [0.4, 0.5) is 5.69 Å². The number of rotatable bonds is 6. The fraction of sp³-hybridized carbons (Fsp3) is 0.519. The van der Waals surface area contributed by atoms with E-state index in [1.807, 2.05) is 18.2 Å². The lowest BCUT2D eigenvalue weighted by molar-refractivity contribution is -0.194. The van der Waals surface area contributed by atoms with E-state index in [0.717, 1.165) is 44.0 Å². The summed E-state index contributed by atoms with van der Waals surface area (Å²) in [6, 6.07) is 10.3. The maximum atomic E-state index is 11.9. The minimum absolute atomic E-state index is 0.158. The molecule has 0 unspecified atom stereocenters. The van der Waals surface area contributed by atoms with E-state index in [9.17, 15) is 15.0 Å². The van der Waals surface area contributed by atoms with E-state index < -0.39 is 17.0 Å². The largest absolute Gasteiger partial charge is 0.481 e. The van der Waals surface area contributed by atoms with Crippen LogP contribution in [0.1, 0.15) is 44.9 Å². The van der Waals surface area contributed by atoms with Gasteiger partial charge in [0, 0.05) is 24.3 Å². The molecule has 2 aromatic heterocycles. The van der Waals surface area contributed by atoms with Gasteiger partial charge in [0.25, 0.3) is 6.01 Å². The summed E-state index contributed by atoms with van der Waals surface area (Å²) in [6.07, 6.45) is 3.71. The Kier molecular flexibility index (Phi) is 6.25. The van der Waals surface area contributed by atoms with Gasteiger partial charge in [0.15, 0.2) is 5.65 Å². The van der Waals surface area contributed by atoms with Crippen LogP contribution in [0.25, 0.3) is 22.4 Å². The second kappa shape index (κ2) is 9.45. The molecule has 0 atom stereocenters. The molecule has 3 N–H and O–H groups in total. The van der Waals surface area contributed by atoms with Crippen LogP contribution < -0.4 is 9.64 Å². The van der Waals surface area contributed by atoms with Gasteiger partial charge in [0.1, 0.15) is 6.10 Å². The molecular weight excluding hydrogens is 496 g/mol. The van der Waals surface area contributed by atoms with Gasteiger partial charge in [0.05, 0.1) is 40.5 Å². The average molecular weight is 527 g/mol. The summed E-state index contributed by atoms with van der Waals surface area (Å²) < 4.78 is 11.5. The molecule has 37 heavy (non-hydrogen) atoms. The Morgan fingerprint density at radius 3 is 2.43 bits per heavy atom. The Labute approximate surface area is 219 Å². The number of imidazole rings is 1. The number of benzene rings is 1. The van der Waals surface area contributed by atoms with Crippen molar-refractivity contribution in [2.45, 2.75) is 56.7 Å². The molecule has 196 valence electrons. The summed E-state index contributed by atoms with van der Waals surface area (Å²) in [5.41, 5.74) is 1.72. The first-order valence-electron chi connectivity index (χ1n) is 13.0. The van der Waals surface area contributed by atoms with Gasteiger partial charge in [0.2, 0.25) is 0 Å². The molecule has 1 aliphatic heterocycles. The lowest BCUT2D eigenvalue weighted by atomic mass is 9.54. The van der Waals surface area contributed by atoms with Crippen molar-refractivity contribution in [3.63, 3.8) is 0 Å². The van der Waals surface area contributed by atoms with Gasteiger partial charge in [-0.05, 0) is 56.7 Å². The molecule has 9 nitrogen and oxygen atoms in total. The van der Waals surface area contributed by atoms with Crippen molar-refractivity contribution in [1.29, 1.82) is 0 Å². The van der Waals surface area contributed by atoms with Crippen LogP contribution in [0.3, 0.4) is 0 Å². The van der Waals surface area contributed by atoms with Crippen LogP contribution in [0.5, 0.6) is 6.01 Å². The quantitative estimate of drug-likeness (QED) is 0.431. The number of fused-ring (bicyclic) bond motifs is 1. The number of carboxylic acids is 1. The molecule has 3 fully saturated rings. The highest BCUT2D eigenvalue weighted by Gasteiger charge is 2.60. The van der Waals surface area contributed by atoms with Crippen LogP contribution in [0.2, 0.25) is 5.02 Å². The topological polar surface area (TPSA) is 121 Å². The standard InChI is InChI=1S/C27H31ClN4O5/c28-20-16-21-23(30-22(20)17-2-4-18(5-3-17)32-12-14-36-15-13-32)31-25(29-21)37-19-6-10-27(35,11-7-19)26(24(33)34)8-1-9-26/h2-5,16,19,35H,1,6-15H2,(H,33,34)(H,29,30,31). The van der Waals surface area contributed by atoms with Crippen LogP contribution in [0, 0.1) is 5.41 Å². The number of ether oxygens (including phenoxy) is 2. The Balaban J connectivity index is 1.15. The summed E-state index contributed by atoms with van der Waals surface area (Å²) in [5, 5.41) is 21.4. The summed E-state index contributed by atoms with van der Waals surface area (Å²) in [5.74, 6) is -0.882. The minimum Gasteiger partial charge on any atom is -0.481 e. The number of hydrogen-bond donors (Lipinski definition) is 3. The van der Waals surface area contributed by atoms with E-state index in [2.05, 4.69) is 27.0 Å². The molecule has 0 spiro atoms. The van der Waals surface area contributed by atoms with E-state index in [1.165, 1.54) is 0 Å². The number of hydrogen-bond acceptors (Lipinski definition) is 7. The van der Waals surface area contributed by atoms with Crippen LogP contribution in [0.15, 0.2) is 30.3 Å². The highest BCUT2D eigenvalue weighted by atomic mass is 35.5. The van der Waals surface area contributed by atoms with Crippen molar-refractivity contribution >= 4 is 34.4 Å². The second-order valence-electron chi connectivity index (χ2n) is 10.5. The third-order valence-electron chi connectivity index (χ3n) is 8.47. The number of anilines is 1. The minimum atomic E-state index is -1.17. The zero-order valence-corrected chi connectivity index (χ0v) is 21.3. The average Bonchev–Trinajstić information content (AvgIpc) is 3.25. The maximum Gasteiger partial charge on any atom is 0.312 e. The number of aromatic amines is 1. The summed E-state index contributed by atoms with van der Waals surface area (Å²) in [4.78, 5) is 26.6. The molecule has 0 radical (unpaired) electrons. The maximum absolute atomic E-state index is 11.9. The number of carboxylic acid groups (broad SMARTS) is 1. The molecule has 3 heterocycles. The van der Waals surface area contributed by atoms with Crippen LogP contribution in [-0.4, -0.2) is 69.1 Å². The van der Waals surface area contributed by atoms with Crippen LogP contribution >= 0.6 is 11.6 Å². The summed E-state index contributed by atoms with van der Waals surface area (Å²) in [6.45, 7) is 3.22. The highest BCUT2D eigenvalue weighted by Crippen LogP contribution is 2.55. The number of aliphatic carboxylic acids is 1. The summed E-state index contributed by atoms with van der Waals surface area (Å²) >= 11 is 6.59. The van der Waals surface area contributed by atoms with Gasteiger partial charge < -0.3 is 29.6 Å². The molecule has 1 aromatic carbocycles. The number of nitrogens with zero attached hydrogens (tertiary/aromatic N) is 3. The molecule has 0 bridgehead atoms. The second-order valence-corrected chi connectivity index (χ2v) is 10.9. The monoisotopic (exact) mass is 526 g/mol. The first-order valence-corrected chi connectivity index (χ1v) is 13.4. The van der Waals surface area contributed by atoms with Crippen molar-refractivity contribution in [3.05, 3.63) is 35.4 Å². The van der Waals surface area contributed by atoms with E-state index in [1.54, 1.807) is 0 Å². The van der Waals surface area contributed by atoms with E-state index in [4.69, 9.17) is 26.1 Å². The van der Waals surface area contributed by atoms with Crippen molar-refractivity contribution in [1.82, 2.24) is 15.0 Å². The van der Waals surface area contributed by atoms with Gasteiger partial charge in [-0.1, -0.05) is 30.2 Å². The third kappa shape index (κ3) is 4.32. The molecule has 6 rings (SSSR count).